The van der Waals surface area contributed by atoms with Gasteiger partial charge in [0.15, 0.2) is 11.5 Å². The Morgan fingerprint density at radius 2 is 1.76 bits per heavy atom. The van der Waals surface area contributed by atoms with Crippen LogP contribution in [0.3, 0.4) is 0 Å². The Labute approximate surface area is 195 Å². The van der Waals surface area contributed by atoms with Crippen molar-refractivity contribution in [1.29, 1.82) is 0 Å². The van der Waals surface area contributed by atoms with E-state index in [9.17, 15) is 14.7 Å². The molecular formula is C27H20N2O5. The Balaban J connectivity index is 1.56. The number of carbonyl (C=O) groups excluding carboxylic acids is 2. The highest BCUT2D eigenvalue weighted by Crippen LogP contribution is 2.41. The fraction of sp³-hybridized carbons (Fsp3) is 0.0741. The van der Waals surface area contributed by atoms with Gasteiger partial charge < -0.3 is 19.2 Å². The first-order valence-corrected chi connectivity index (χ1v) is 10.7. The molecule has 1 amide bonds. The predicted octanol–water partition coefficient (Wildman–Crippen LogP) is 5.25. The average Bonchev–Trinajstić information content (AvgIpc) is 3.49. The molecule has 1 unspecified atom stereocenters. The minimum Gasteiger partial charge on any atom is -0.503 e. The average molecular weight is 452 g/mol. The van der Waals surface area contributed by atoms with E-state index in [1.807, 2.05) is 36.4 Å². The number of nitrogens with zero attached hydrogens (tertiary/aromatic N) is 2. The van der Waals surface area contributed by atoms with Crippen LogP contribution in [0.1, 0.15) is 27.9 Å². The van der Waals surface area contributed by atoms with E-state index >= 15 is 0 Å². The highest BCUT2D eigenvalue weighted by atomic mass is 16.5. The van der Waals surface area contributed by atoms with E-state index in [0.29, 0.717) is 22.8 Å². The lowest BCUT2D eigenvalue weighted by atomic mass is 9.95. The molecule has 0 aliphatic carbocycles. The summed E-state index contributed by atoms with van der Waals surface area (Å²) in [6, 6.07) is 24.0. The van der Waals surface area contributed by atoms with Gasteiger partial charge in [-0.25, -0.2) is 0 Å². The fourth-order valence-electron chi connectivity index (χ4n) is 3.97. The molecule has 1 atom stereocenters. The number of hydrogen-bond donors (Lipinski definition) is 1. The summed E-state index contributed by atoms with van der Waals surface area (Å²) in [7, 11) is 0. The van der Waals surface area contributed by atoms with Crippen LogP contribution >= 0.6 is 0 Å². The molecule has 0 saturated heterocycles. The van der Waals surface area contributed by atoms with Gasteiger partial charge in [-0.15, -0.1) is 0 Å². The van der Waals surface area contributed by atoms with Gasteiger partial charge in [-0.3, -0.25) is 14.6 Å². The first-order chi connectivity index (χ1) is 16.6. The zero-order valence-corrected chi connectivity index (χ0v) is 18.0. The molecule has 0 fully saturated rings. The summed E-state index contributed by atoms with van der Waals surface area (Å²) in [6.45, 7) is 0.104. The van der Waals surface area contributed by atoms with Crippen LogP contribution in [0.2, 0.25) is 0 Å². The number of benzene rings is 2. The molecule has 5 rings (SSSR count). The van der Waals surface area contributed by atoms with Gasteiger partial charge in [0.05, 0.1) is 30.1 Å². The van der Waals surface area contributed by atoms with E-state index in [2.05, 4.69) is 4.98 Å². The van der Waals surface area contributed by atoms with Gasteiger partial charge in [0.25, 0.3) is 5.91 Å². The lowest BCUT2D eigenvalue weighted by Crippen LogP contribution is -2.31. The lowest BCUT2D eigenvalue weighted by molar-refractivity contribution is -0.130. The van der Waals surface area contributed by atoms with Crippen molar-refractivity contribution in [3.8, 4) is 11.5 Å². The molecule has 168 valence electrons. The van der Waals surface area contributed by atoms with E-state index in [1.54, 1.807) is 48.7 Å². The van der Waals surface area contributed by atoms with Crippen molar-refractivity contribution in [3.63, 3.8) is 0 Å². The van der Waals surface area contributed by atoms with E-state index in [4.69, 9.17) is 9.15 Å². The molecule has 0 saturated carbocycles. The lowest BCUT2D eigenvalue weighted by Gasteiger charge is -2.26. The summed E-state index contributed by atoms with van der Waals surface area (Å²) in [5.41, 5.74) is 1.18. The quantitative estimate of drug-likeness (QED) is 0.385. The van der Waals surface area contributed by atoms with Crippen LogP contribution in [0.5, 0.6) is 11.5 Å². The number of carbonyl (C=O) groups is 2. The molecule has 1 N–H and O–H groups in total. The first kappa shape index (κ1) is 21.2. The third kappa shape index (κ3) is 4.06. The second-order valence-electron chi connectivity index (χ2n) is 7.71. The summed E-state index contributed by atoms with van der Waals surface area (Å²) in [6.07, 6.45) is 3.00. The van der Waals surface area contributed by atoms with Crippen molar-refractivity contribution in [2.45, 2.75) is 12.6 Å². The maximum Gasteiger partial charge on any atom is 0.290 e. The zero-order valence-electron chi connectivity index (χ0n) is 18.0. The molecule has 34 heavy (non-hydrogen) atoms. The normalized spacial score (nSPS) is 15.6. The minimum absolute atomic E-state index is 0.0377. The number of aliphatic hydroxyl groups is 1. The van der Waals surface area contributed by atoms with Crippen molar-refractivity contribution >= 4 is 11.7 Å². The number of aliphatic hydroxyl groups excluding tert-OH is 1. The van der Waals surface area contributed by atoms with Gasteiger partial charge in [0.1, 0.15) is 11.5 Å². The Morgan fingerprint density at radius 3 is 2.50 bits per heavy atom. The number of aromatic nitrogens is 1. The van der Waals surface area contributed by atoms with E-state index < -0.39 is 23.5 Å². The van der Waals surface area contributed by atoms with Gasteiger partial charge >= 0.3 is 0 Å². The van der Waals surface area contributed by atoms with Gasteiger partial charge in [-0.2, -0.15) is 0 Å². The first-order valence-electron chi connectivity index (χ1n) is 10.7. The number of ether oxygens (including phenoxy) is 1. The number of pyridine rings is 1. The Bertz CT molecular complexity index is 1350. The number of Topliss-reactive ketones (excluding diaryl/α,β-unsaturated/α-hetero) is 1. The Morgan fingerprint density at radius 1 is 0.971 bits per heavy atom. The smallest absolute Gasteiger partial charge is 0.290 e. The molecule has 7 nitrogen and oxygen atoms in total. The molecule has 2 aromatic carbocycles. The summed E-state index contributed by atoms with van der Waals surface area (Å²) >= 11 is 0. The number of amides is 1. The third-order valence-electron chi connectivity index (χ3n) is 5.50. The van der Waals surface area contributed by atoms with Crippen LogP contribution in [-0.2, 0) is 11.3 Å². The van der Waals surface area contributed by atoms with Crippen molar-refractivity contribution < 1.29 is 23.8 Å². The second kappa shape index (κ2) is 9.07. The van der Waals surface area contributed by atoms with E-state index in [0.717, 1.165) is 0 Å². The Hall–Kier alpha value is -4.65. The van der Waals surface area contributed by atoms with Gasteiger partial charge in [0.2, 0.25) is 5.78 Å². The van der Waals surface area contributed by atoms with Crippen LogP contribution in [0, 0.1) is 0 Å². The fourth-order valence-corrected chi connectivity index (χ4v) is 3.97. The third-order valence-corrected chi connectivity index (χ3v) is 5.50. The van der Waals surface area contributed by atoms with Crippen LogP contribution in [0.25, 0.3) is 0 Å². The molecule has 2 aromatic heterocycles. The maximum absolute atomic E-state index is 13.3. The van der Waals surface area contributed by atoms with E-state index in [1.165, 1.54) is 17.2 Å². The maximum atomic E-state index is 13.3. The largest absolute Gasteiger partial charge is 0.503 e. The molecule has 0 spiro atoms. The molecule has 4 aromatic rings. The molecule has 7 heteroatoms. The number of hydrogen-bond acceptors (Lipinski definition) is 6. The summed E-state index contributed by atoms with van der Waals surface area (Å²) in [5, 5.41) is 10.8. The molecule has 1 aliphatic heterocycles. The summed E-state index contributed by atoms with van der Waals surface area (Å²) in [4.78, 5) is 32.1. The molecule has 1 aliphatic rings. The molecule has 0 radical (unpaired) electrons. The molecule has 3 heterocycles. The molecule has 0 bridgehead atoms. The summed E-state index contributed by atoms with van der Waals surface area (Å²) in [5.74, 6) is -0.589. The number of rotatable bonds is 7. The SMILES string of the molecule is O=C(C1=C(O)C(=O)N(Cc2ccccn2)C1c1cccc(Oc2ccccc2)c1)c1ccco1. The van der Waals surface area contributed by atoms with Crippen molar-refractivity contribution in [3.05, 3.63) is 126 Å². The number of ketones is 1. The zero-order chi connectivity index (χ0) is 23.5. The van der Waals surface area contributed by atoms with Crippen LogP contribution in [0.4, 0.5) is 0 Å². The molecular weight excluding hydrogens is 432 g/mol. The van der Waals surface area contributed by atoms with E-state index in [-0.39, 0.29) is 17.9 Å². The standard InChI is InChI=1S/C27H20N2O5/c30-25(22-13-7-15-33-22)23-24(29(27(32)26(23)31)17-19-9-4-5-14-28-19)18-8-6-12-21(16-18)34-20-10-2-1-3-11-20/h1-16,24,31H,17H2. The minimum atomic E-state index is -0.855. The van der Waals surface area contributed by atoms with Gasteiger partial charge in [-0.1, -0.05) is 36.4 Å². The van der Waals surface area contributed by atoms with Gasteiger partial charge in [0, 0.05) is 6.20 Å². The van der Waals surface area contributed by atoms with Crippen LogP contribution in [0.15, 0.2) is 113 Å². The number of para-hydroxylation sites is 1. The van der Waals surface area contributed by atoms with Crippen LogP contribution in [-0.4, -0.2) is 26.7 Å². The topological polar surface area (TPSA) is 92.9 Å². The van der Waals surface area contributed by atoms with Crippen LogP contribution < -0.4 is 4.74 Å². The van der Waals surface area contributed by atoms with Crippen molar-refractivity contribution in [1.82, 2.24) is 9.88 Å². The summed E-state index contributed by atoms with van der Waals surface area (Å²) < 4.78 is 11.2. The predicted molar refractivity (Wildman–Crippen MR) is 123 cm³/mol. The van der Waals surface area contributed by atoms with Crippen molar-refractivity contribution in [2.24, 2.45) is 0 Å². The number of furan rings is 1. The monoisotopic (exact) mass is 452 g/mol. The second-order valence-corrected chi connectivity index (χ2v) is 7.71. The van der Waals surface area contributed by atoms with Gasteiger partial charge in [-0.05, 0) is 54.1 Å². The highest BCUT2D eigenvalue weighted by molar-refractivity contribution is 6.15. The Kier molecular flexibility index (Phi) is 5.66. The van der Waals surface area contributed by atoms with Crippen molar-refractivity contribution in [2.75, 3.05) is 0 Å². The highest BCUT2D eigenvalue weighted by Gasteiger charge is 2.44.